The molecule has 0 bridgehead atoms. The van der Waals surface area contributed by atoms with E-state index in [-0.39, 0.29) is 18.9 Å². The van der Waals surface area contributed by atoms with E-state index in [0.717, 1.165) is 12.1 Å². The van der Waals surface area contributed by atoms with Crippen LogP contribution in [-0.2, 0) is 11.3 Å². The molecule has 2 heterocycles. The first-order chi connectivity index (χ1) is 11.0. The number of β-amino-alcohol motifs (C(OH)–C–C–N with tert-alkyl or cyclic N) is 1. The van der Waals surface area contributed by atoms with Crippen molar-refractivity contribution in [2.45, 2.75) is 31.5 Å². The molecule has 7 heteroatoms. The van der Waals surface area contributed by atoms with Crippen LogP contribution in [0.15, 0.2) is 36.7 Å². The molecule has 2 atom stereocenters. The largest absolute Gasteiger partial charge is 0.391 e. The Balaban J connectivity index is 1.73. The number of carbonyl (C=O) groups is 1. The number of aryl methyl sites for hydroxylation is 1. The molecule has 1 N–H and O–H groups in total. The normalized spacial score (nSPS) is 20.9. The molecule has 23 heavy (non-hydrogen) atoms. The summed E-state index contributed by atoms with van der Waals surface area (Å²) in [5.74, 6) is -2.02. The highest BCUT2D eigenvalue weighted by Crippen LogP contribution is 2.33. The van der Waals surface area contributed by atoms with E-state index in [1.165, 1.54) is 11.0 Å². The van der Waals surface area contributed by atoms with Gasteiger partial charge < -0.3 is 10.0 Å². The minimum atomic E-state index is -0.951. The van der Waals surface area contributed by atoms with Gasteiger partial charge in [0.25, 0.3) is 0 Å². The fraction of sp³-hybridized carbons (Fsp3) is 0.375. The van der Waals surface area contributed by atoms with Gasteiger partial charge in [-0.2, -0.15) is 5.10 Å². The van der Waals surface area contributed by atoms with E-state index < -0.39 is 23.8 Å². The van der Waals surface area contributed by atoms with Crippen LogP contribution in [0, 0.1) is 11.6 Å². The lowest BCUT2D eigenvalue weighted by Crippen LogP contribution is -2.32. The van der Waals surface area contributed by atoms with Gasteiger partial charge in [0.2, 0.25) is 5.91 Å². The van der Waals surface area contributed by atoms with Gasteiger partial charge in [-0.25, -0.2) is 8.78 Å². The quantitative estimate of drug-likeness (QED) is 0.935. The zero-order valence-corrected chi connectivity index (χ0v) is 12.4. The molecule has 0 unspecified atom stereocenters. The number of hydrogen-bond donors (Lipinski definition) is 1. The molecule has 0 radical (unpaired) electrons. The van der Waals surface area contributed by atoms with Crippen LogP contribution in [0.1, 0.15) is 24.4 Å². The van der Waals surface area contributed by atoms with E-state index in [2.05, 4.69) is 5.10 Å². The van der Waals surface area contributed by atoms with Gasteiger partial charge in [-0.05, 0) is 30.2 Å². The van der Waals surface area contributed by atoms with Crippen LogP contribution < -0.4 is 0 Å². The smallest absolute Gasteiger partial charge is 0.225 e. The highest BCUT2D eigenvalue weighted by atomic mass is 19.2. The monoisotopic (exact) mass is 321 g/mol. The second-order valence-electron chi connectivity index (χ2n) is 5.64. The summed E-state index contributed by atoms with van der Waals surface area (Å²) in [6.45, 7) is 0.629. The molecule has 3 rings (SSSR count). The van der Waals surface area contributed by atoms with Gasteiger partial charge in [-0.15, -0.1) is 0 Å². The zero-order chi connectivity index (χ0) is 16.4. The Morgan fingerprint density at radius 2 is 2.17 bits per heavy atom. The second kappa shape index (κ2) is 6.45. The number of carbonyl (C=O) groups excluding carboxylic acids is 1. The summed E-state index contributed by atoms with van der Waals surface area (Å²) in [7, 11) is 0. The molecule has 0 spiro atoms. The van der Waals surface area contributed by atoms with E-state index >= 15 is 0 Å². The number of aliphatic hydroxyl groups excluding tert-OH is 1. The summed E-state index contributed by atoms with van der Waals surface area (Å²) in [5, 5.41) is 13.9. The molecule has 0 saturated carbocycles. The van der Waals surface area contributed by atoms with Gasteiger partial charge in [-0.3, -0.25) is 9.48 Å². The minimum Gasteiger partial charge on any atom is -0.391 e. The fourth-order valence-corrected chi connectivity index (χ4v) is 2.91. The molecule has 122 valence electrons. The number of aliphatic hydroxyl groups is 1. The van der Waals surface area contributed by atoms with Crippen LogP contribution in [0.3, 0.4) is 0 Å². The molecule has 1 fully saturated rings. The Kier molecular flexibility index (Phi) is 4.38. The van der Waals surface area contributed by atoms with Crippen molar-refractivity contribution in [1.29, 1.82) is 0 Å². The van der Waals surface area contributed by atoms with Crippen molar-refractivity contribution in [3.05, 3.63) is 53.9 Å². The third kappa shape index (κ3) is 3.39. The van der Waals surface area contributed by atoms with Crippen molar-refractivity contribution < 1.29 is 18.7 Å². The van der Waals surface area contributed by atoms with Crippen LogP contribution in [0.4, 0.5) is 8.78 Å². The van der Waals surface area contributed by atoms with Gasteiger partial charge in [0.15, 0.2) is 11.6 Å². The SMILES string of the molecule is O=C(CCn1cccn1)N1C[C@@H](O)C[C@H]1c1ccc(F)c(F)c1. The van der Waals surface area contributed by atoms with Crippen molar-refractivity contribution in [3.63, 3.8) is 0 Å². The van der Waals surface area contributed by atoms with Crippen LogP contribution in [-0.4, -0.2) is 38.3 Å². The Hall–Kier alpha value is -2.28. The lowest BCUT2D eigenvalue weighted by Gasteiger charge is -2.25. The second-order valence-corrected chi connectivity index (χ2v) is 5.64. The number of aromatic nitrogens is 2. The van der Waals surface area contributed by atoms with Gasteiger partial charge in [-0.1, -0.05) is 6.07 Å². The maximum atomic E-state index is 13.4. The summed E-state index contributed by atoms with van der Waals surface area (Å²) in [6.07, 6.45) is 3.28. The number of hydrogen-bond acceptors (Lipinski definition) is 3. The molecule has 0 aliphatic carbocycles. The fourth-order valence-electron chi connectivity index (χ4n) is 2.91. The molecular formula is C16H17F2N3O2. The minimum absolute atomic E-state index is 0.146. The number of halogens is 2. The lowest BCUT2D eigenvalue weighted by molar-refractivity contribution is -0.132. The Morgan fingerprint density at radius 3 is 2.87 bits per heavy atom. The molecule has 1 aromatic carbocycles. The van der Waals surface area contributed by atoms with Crippen molar-refractivity contribution in [1.82, 2.24) is 14.7 Å². The van der Waals surface area contributed by atoms with Crippen molar-refractivity contribution in [3.8, 4) is 0 Å². The average molecular weight is 321 g/mol. The molecular weight excluding hydrogens is 304 g/mol. The molecule has 5 nitrogen and oxygen atoms in total. The summed E-state index contributed by atoms with van der Waals surface area (Å²) < 4.78 is 28.2. The first-order valence-electron chi connectivity index (χ1n) is 7.44. The first kappa shape index (κ1) is 15.6. The Labute approximate surface area is 132 Å². The average Bonchev–Trinajstić information content (AvgIpc) is 3.17. The number of likely N-dealkylation sites (tertiary alicyclic amines) is 1. The van der Waals surface area contributed by atoms with Crippen molar-refractivity contribution >= 4 is 5.91 Å². The van der Waals surface area contributed by atoms with Crippen LogP contribution >= 0.6 is 0 Å². The summed E-state index contributed by atoms with van der Waals surface area (Å²) in [6, 6.07) is 4.92. The summed E-state index contributed by atoms with van der Waals surface area (Å²) in [5.41, 5.74) is 0.493. The van der Waals surface area contributed by atoms with Crippen LogP contribution in [0.2, 0.25) is 0 Å². The molecule has 1 aliphatic rings. The van der Waals surface area contributed by atoms with Crippen LogP contribution in [0.5, 0.6) is 0 Å². The number of rotatable bonds is 4. The summed E-state index contributed by atoms with van der Waals surface area (Å²) in [4.78, 5) is 14.0. The topological polar surface area (TPSA) is 58.4 Å². The maximum Gasteiger partial charge on any atom is 0.225 e. The third-order valence-corrected chi connectivity index (χ3v) is 4.04. The van der Waals surface area contributed by atoms with E-state index in [4.69, 9.17) is 0 Å². The van der Waals surface area contributed by atoms with Gasteiger partial charge in [0, 0.05) is 31.9 Å². The maximum absolute atomic E-state index is 13.4. The van der Waals surface area contributed by atoms with Crippen LogP contribution in [0.25, 0.3) is 0 Å². The molecule has 1 saturated heterocycles. The van der Waals surface area contributed by atoms with Gasteiger partial charge in [0.1, 0.15) is 0 Å². The number of amides is 1. The Bertz CT molecular complexity index is 691. The summed E-state index contributed by atoms with van der Waals surface area (Å²) >= 11 is 0. The molecule has 1 aliphatic heterocycles. The molecule has 2 aromatic rings. The number of benzene rings is 1. The lowest BCUT2D eigenvalue weighted by atomic mass is 10.0. The Morgan fingerprint density at radius 1 is 1.35 bits per heavy atom. The van der Waals surface area contributed by atoms with Gasteiger partial charge >= 0.3 is 0 Å². The standard InChI is InChI=1S/C16H17F2N3O2/c17-13-3-2-11(8-14(13)18)15-9-12(22)10-21(15)16(23)4-7-20-6-1-5-19-20/h1-3,5-6,8,12,15,22H,4,7,9-10H2/t12-,15-/m0/s1. The predicted molar refractivity (Wildman–Crippen MR) is 78.3 cm³/mol. The predicted octanol–water partition coefficient (Wildman–Crippen LogP) is 1.89. The van der Waals surface area contributed by atoms with Crippen molar-refractivity contribution in [2.75, 3.05) is 6.54 Å². The van der Waals surface area contributed by atoms with E-state index in [1.54, 1.807) is 23.1 Å². The van der Waals surface area contributed by atoms with E-state index in [0.29, 0.717) is 18.5 Å². The van der Waals surface area contributed by atoms with Crippen molar-refractivity contribution in [2.24, 2.45) is 0 Å². The number of nitrogens with zero attached hydrogens (tertiary/aromatic N) is 3. The molecule has 1 aromatic heterocycles. The first-order valence-corrected chi connectivity index (χ1v) is 7.44. The highest BCUT2D eigenvalue weighted by Gasteiger charge is 2.35. The van der Waals surface area contributed by atoms with Gasteiger partial charge in [0.05, 0.1) is 12.1 Å². The molecule has 1 amide bonds. The van der Waals surface area contributed by atoms with E-state index in [1.807, 2.05) is 0 Å². The third-order valence-electron chi connectivity index (χ3n) is 4.04. The van der Waals surface area contributed by atoms with E-state index in [9.17, 15) is 18.7 Å². The highest BCUT2D eigenvalue weighted by molar-refractivity contribution is 5.77. The zero-order valence-electron chi connectivity index (χ0n) is 12.4.